The first-order chi connectivity index (χ1) is 6.29. The molecule has 1 rings (SSSR count). The molecule has 0 spiro atoms. The highest BCUT2D eigenvalue weighted by molar-refractivity contribution is 5.55. The van der Waals surface area contributed by atoms with E-state index in [0.29, 0.717) is 18.2 Å². The smallest absolute Gasteiger partial charge is 0.148 e. The third-order valence-corrected chi connectivity index (χ3v) is 1.63. The second kappa shape index (κ2) is 4.58. The lowest BCUT2D eigenvalue weighted by atomic mass is 10.3. The summed E-state index contributed by atoms with van der Waals surface area (Å²) < 4.78 is 0. The van der Waals surface area contributed by atoms with Crippen molar-refractivity contribution in [1.82, 2.24) is 9.97 Å². The molecule has 1 heterocycles. The Bertz CT molecular complexity index is 278. The molecule has 0 amide bonds. The molecule has 0 saturated carbocycles. The number of nitrogens with zero attached hydrogens (tertiary/aromatic N) is 2. The monoisotopic (exact) mass is 183 g/mol. The van der Waals surface area contributed by atoms with E-state index < -0.39 is 0 Å². The number of aromatic nitrogens is 2. The van der Waals surface area contributed by atoms with Crippen LogP contribution in [0.15, 0.2) is 6.33 Å². The Morgan fingerprint density at radius 1 is 1.46 bits per heavy atom. The van der Waals surface area contributed by atoms with Crippen molar-refractivity contribution in [3.63, 3.8) is 0 Å². The van der Waals surface area contributed by atoms with Gasteiger partial charge in [-0.25, -0.2) is 15.8 Å². The lowest BCUT2D eigenvalue weighted by Gasteiger charge is -2.09. The maximum absolute atomic E-state index is 8.60. The molecule has 6 heteroatoms. The van der Waals surface area contributed by atoms with Gasteiger partial charge in [0.25, 0.3) is 0 Å². The zero-order valence-corrected chi connectivity index (χ0v) is 7.41. The van der Waals surface area contributed by atoms with Gasteiger partial charge in [-0.05, 0) is 6.92 Å². The van der Waals surface area contributed by atoms with Crippen molar-refractivity contribution < 1.29 is 5.11 Å². The lowest BCUT2D eigenvalue weighted by molar-refractivity contribution is 0.311. The Morgan fingerprint density at radius 3 is 2.77 bits per heavy atom. The number of anilines is 2. The Hall–Kier alpha value is -1.40. The predicted octanol–water partition coefficient (Wildman–Crippen LogP) is -0.525. The second-order valence-electron chi connectivity index (χ2n) is 2.49. The highest BCUT2D eigenvalue weighted by Gasteiger charge is 2.03. The topological polar surface area (TPSA) is 96.1 Å². The van der Waals surface area contributed by atoms with E-state index in [9.17, 15) is 0 Å². The van der Waals surface area contributed by atoms with Gasteiger partial charge in [-0.2, -0.15) is 0 Å². The molecule has 0 fully saturated rings. The fourth-order valence-electron chi connectivity index (χ4n) is 0.948. The first kappa shape index (κ1) is 9.69. The number of nitrogen functional groups attached to an aromatic ring is 1. The van der Waals surface area contributed by atoms with Crippen LogP contribution < -0.4 is 16.6 Å². The van der Waals surface area contributed by atoms with E-state index in [0.717, 1.165) is 5.56 Å². The highest BCUT2D eigenvalue weighted by atomic mass is 16.3. The van der Waals surface area contributed by atoms with Crippen LogP contribution >= 0.6 is 0 Å². The van der Waals surface area contributed by atoms with Gasteiger partial charge in [0.05, 0.1) is 6.61 Å². The van der Waals surface area contributed by atoms with Gasteiger partial charge < -0.3 is 15.8 Å². The van der Waals surface area contributed by atoms with Crippen LogP contribution in [-0.2, 0) is 0 Å². The Kier molecular flexibility index (Phi) is 3.41. The van der Waals surface area contributed by atoms with E-state index in [1.807, 2.05) is 6.92 Å². The average molecular weight is 183 g/mol. The summed E-state index contributed by atoms with van der Waals surface area (Å²) in [6, 6.07) is 0. The number of hydrogen-bond donors (Lipinski definition) is 4. The van der Waals surface area contributed by atoms with Crippen LogP contribution in [0.4, 0.5) is 11.6 Å². The van der Waals surface area contributed by atoms with Crippen molar-refractivity contribution in [1.29, 1.82) is 0 Å². The molecule has 13 heavy (non-hydrogen) atoms. The molecule has 0 aliphatic heterocycles. The molecule has 0 aliphatic rings. The molecule has 1 aromatic heterocycles. The number of rotatable bonds is 4. The first-order valence-electron chi connectivity index (χ1n) is 3.92. The fourth-order valence-corrected chi connectivity index (χ4v) is 0.948. The number of nitrogens with one attached hydrogen (secondary N) is 2. The summed E-state index contributed by atoms with van der Waals surface area (Å²) in [6.07, 6.45) is 1.40. The Labute approximate surface area is 76.2 Å². The van der Waals surface area contributed by atoms with Crippen LogP contribution in [0.3, 0.4) is 0 Å². The lowest BCUT2D eigenvalue weighted by Crippen LogP contribution is -2.14. The van der Waals surface area contributed by atoms with Crippen molar-refractivity contribution in [2.24, 2.45) is 5.84 Å². The van der Waals surface area contributed by atoms with Crippen LogP contribution in [0.1, 0.15) is 5.56 Å². The number of hydrogen-bond acceptors (Lipinski definition) is 6. The van der Waals surface area contributed by atoms with Gasteiger partial charge in [0.2, 0.25) is 0 Å². The summed E-state index contributed by atoms with van der Waals surface area (Å²) >= 11 is 0. The SMILES string of the molecule is Cc1c(NN)ncnc1NCCO. The summed E-state index contributed by atoms with van der Waals surface area (Å²) in [5, 5.41) is 11.5. The van der Waals surface area contributed by atoms with Crippen LogP contribution in [0.5, 0.6) is 0 Å². The van der Waals surface area contributed by atoms with Crippen molar-refractivity contribution in [2.75, 3.05) is 23.9 Å². The first-order valence-corrected chi connectivity index (χ1v) is 3.92. The van der Waals surface area contributed by atoms with Crippen LogP contribution in [0.2, 0.25) is 0 Å². The summed E-state index contributed by atoms with van der Waals surface area (Å²) in [6.45, 7) is 2.37. The number of aliphatic hydroxyl groups is 1. The van der Waals surface area contributed by atoms with Crippen molar-refractivity contribution >= 4 is 11.6 Å². The van der Waals surface area contributed by atoms with Crippen molar-refractivity contribution in [3.05, 3.63) is 11.9 Å². The minimum atomic E-state index is 0.0643. The third kappa shape index (κ3) is 2.27. The van der Waals surface area contributed by atoms with Gasteiger partial charge in [-0.1, -0.05) is 0 Å². The maximum Gasteiger partial charge on any atom is 0.148 e. The quantitative estimate of drug-likeness (QED) is 0.370. The largest absolute Gasteiger partial charge is 0.395 e. The van der Waals surface area contributed by atoms with E-state index >= 15 is 0 Å². The zero-order chi connectivity index (χ0) is 9.68. The summed E-state index contributed by atoms with van der Waals surface area (Å²) in [7, 11) is 0. The van der Waals surface area contributed by atoms with E-state index in [1.165, 1.54) is 6.33 Å². The third-order valence-electron chi connectivity index (χ3n) is 1.63. The fraction of sp³-hybridized carbons (Fsp3) is 0.429. The molecule has 0 atom stereocenters. The predicted molar refractivity (Wildman–Crippen MR) is 50.2 cm³/mol. The van der Waals surface area contributed by atoms with Gasteiger partial charge in [-0.3, -0.25) is 0 Å². The molecule has 5 N–H and O–H groups in total. The Balaban J connectivity index is 2.81. The molecule has 0 saturated heterocycles. The molecule has 0 unspecified atom stereocenters. The zero-order valence-electron chi connectivity index (χ0n) is 7.41. The minimum Gasteiger partial charge on any atom is -0.395 e. The summed E-state index contributed by atoms with van der Waals surface area (Å²) in [4.78, 5) is 7.91. The van der Waals surface area contributed by atoms with Gasteiger partial charge in [0, 0.05) is 12.1 Å². The summed E-state index contributed by atoms with van der Waals surface area (Å²) in [5.41, 5.74) is 3.29. The van der Waals surface area contributed by atoms with Crippen LogP contribution in [-0.4, -0.2) is 28.2 Å². The molecule has 0 aromatic carbocycles. The molecule has 72 valence electrons. The molecule has 0 radical (unpaired) electrons. The van der Waals surface area contributed by atoms with Gasteiger partial charge >= 0.3 is 0 Å². The van der Waals surface area contributed by atoms with Gasteiger partial charge in [-0.15, -0.1) is 0 Å². The minimum absolute atomic E-state index is 0.0643. The van der Waals surface area contributed by atoms with E-state index in [2.05, 4.69) is 20.7 Å². The van der Waals surface area contributed by atoms with E-state index in [1.54, 1.807) is 0 Å². The normalized spacial score (nSPS) is 9.77. The maximum atomic E-state index is 8.60. The van der Waals surface area contributed by atoms with Crippen molar-refractivity contribution in [2.45, 2.75) is 6.92 Å². The van der Waals surface area contributed by atoms with Gasteiger partial charge in [0.15, 0.2) is 0 Å². The second-order valence-corrected chi connectivity index (χ2v) is 2.49. The van der Waals surface area contributed by atoms with E-state index in [4.69, 9.17) is 10.9 Å². The molecule has 6 nitrogen and oxygen atoms in total. The standard InChI is InChI=1S/C7H13N5O/c1-5-6(9-2-3-13)10-4-11-7(5)12-8/h4,13H,2-3,8H2,1H3,(H2,9,10,11,12). The van der Waals surface area contributed by atoms with Crippen LogP contribution in [0.25, 0.3) is 0 Å². The number of nitrogens with two attached hydrogens (primary N) is 1. The number of hydrazine groups is 1. The molecular formula is C7H13N5O. The Morgan fingerprint density at radius 2 is 2.15 bits per heavy atom. The van der Waals surface area contributed by atoms with Crippen molar-refractivity contribution in [3.8, 4) is 0 Å². The van der Waals surface area contributed by atoms with Crippen LogP contribution in [0, 0.1) is 6.92 Å². The highest BCUT2D eigenvalue weighted by Crippen LogP contribution is 2.16. The molecule has 0 aliphatic carbocycles. The molecular weight excluding hydrogens is 170 g/mol. The number of aliphatic hydroxyl groups excluding tert-OH is 1. The van der Waals surface area contributed by atoms with E-state index in [-0.39, 0.29) is 6.61 Å². The molecule has 0 bridgehead atoms. The average Bonchev–Trinajstić information content (AvgIpc) is 2.16. The van der Waals surface area contributed by atoms with Gasteiger partial charge in [0.1, 0.15) is 18.0 Å². The molecule has 1 aromatic rings. The summed E-state index contributed by atoms with van der Waals surface area (Å²) in [5.74, 6) is 6.49.